The van der Waals surface area contributed by atoms with Crippen LogP contribution in [-0.4, -0.2) is 125 Å². The molecular weight excluding hydrogens is 680 g/mol. The van der Waals surface area contributed by atoms with Gasteiger partial charge in [-0.05, 0) is 67.5 Å². The average molecular weight is 735 g/mol. The monoisotopic (exact) mass is 734 g/mol. The minimum absolute atomic E-state index is 0.0228. The molecule has 5 unspecified atom stereocenters. The molecule has 5 atom stereocenters. The van der Waals surface area contributed by atoms with Gasteiger partial charge in [0.1, 0.15) is 30.2 Å². The van der Waals surface area contributed by atoms with Crippen LogP contribution in [0.2, 0.25) is 0 Å². The predicted molar refractivity (Wildman–Crippen MR) is 198 cm³/mol. The van der Waals surface area contributed by atoms with Crippen LogP contribution in [0, 0.1) is 11.8 Å². The van der Waals surface area contributed by atoms with Crippen molar-refractivity contribution in [3.05, 3.63) is 42.2 Å². The SMILES string of the molecule is CC(C)CC1C(=O)NC(Cc2ccc3ccncc3c2)C(=O)NC(C)C(=O)N(C)C2CCCN(C2=O)C(CC(C)C)C(=O)NCC(=O)NCC(=O)N1C. The highest BCUT2D eigenvalue weighted by molar-refractivity contribution is 5.97. The molecule has 3 heterocycles. The molecule has 0 radical (unpaired) electrons. The van der Waals surface area contributed by atoms with Gasteiger partial charge in [-0.1, -0.05) is 39.8 Å². The first-order valence-corrected chi connectivity index (χ1v) is 18.4. The molecule has 2 aliphatic rings. The molecule has 15 heteroatoms. The van der Waals surface area contributed by atoms with E-state index in [0.29, 0.717) is 25.8 Å². The zero-order valence-corrected chi connectivity index (χ0v) is 31.8. The van der Waals surface area contributed by atoms with Gasteiger partial charge in [-0.3, -0.25) is 38.5 Å². The Morgan fingerprint density at radius 1 is 0.774 bits per heavy atom. The standard InChI is InChI=1S/C38H54N8O7/c1-22(2)15-30-36(51)43-28(18-25-10-11-26-12-13-39-19-27(26)17-25)34(49)42-24(5)37(52)45(7)29-9-8-14-46(38(29)53)31(16-23(3)4)35(50)41-20-32(47)40-21-33(48)44(30)6/h10-13,17,19,22-24,28-31H,8-9,14-16,18,20-21H2,1-7H3,(H,40,47)(H,41,50)(H,42,49)(H,43,51). The van der Waals surface area contributed by atoms with Crippen LogP contribution in [0.15, 0.2) is 36.7 Å². The summed E-state index contributed by atoms with van der Waals surface area (Å²) in [7, 11) is 2.96. The number of aromatic nitrogens is 1. The molecule has 2 aromatic rings. The summed E-state index contributed by atoms with van der Waals surface area (Å²) in [5.41, 5.74) is 0.729. The number of benzene rings is 1. The molecule has 1 aromatic heterocycles. The van der Waals surface area contributed by atoms with E-state index in [1.54, 1.807) is 12.4 Å². The Labute approximate surface area is 311 Å². The zero-order chi connectivity index (χ0) is 39.0. The predicted octanol–water partition coefficient (Wildman–Crippen LogP) is 0.750. The fraction of sp³-hybridized carbons (Fsp3) is 0.579. The molecule has 2 saturated heterocycles. The Bertz CT molecular complexity index is 1700. The van der Waals surface area contributed by atoms with Gasteiger partial charge in [-0.2, -0.15) is 0 Å². The number of likely N-dealkylation sites (N-methyl/N-ethyl adjacent to an activating group) is 2. The summed E-state index contributed by atoms with van der Waals surface area (Å²) in [6.45, 7) is 8.59. The third kappa shape index (κ3) is 10.5. The number of carbonyl (C=O) groups is 7. The van der Waals surface area contributed by atoms with E-state index in [9.17, 15) is 33.6 Å². The first kappa shape index (κ1) is 40.7. The minimum Gasteiger partial charge on any atom is -0.345 e. The summed E-state index contributed by atoms with van der Waals surface area (Å²) < 4.78 is 0. The third-order valence-corrected chi connectivity index (χ3v) is 9.86. The second-order valence-electron chi connectivity index (χ2n) is 15.0. The maximum Gasteiger partial charge on any atom is 0.246 e. The second kappa shape index (κ2) is 18.1. The number of rotatable bonds is 6. The molecule has 0 saturated carbocycles. The van der Waals surface area contributed by atoms with Gasteiger partial charge in [0.25, 0.3) is 0 Å². The minimum atomic E-state index is -1.15. The Morgan fingerprint density at radius 3 is 2.17 bits per heavy atom. The first-order chi connectivity index (χ1) is 25.1. The molecule has 2 fully saturated rings. The Kier molecular flexibility index (Phi) is 13.9. The van der Waals surface area contributed by atoms with Gasteiger partial charge in [0.05, 0.1) is 13.1 Å². The van der Waals surface area contributed by atoms with Crippen molar-refractivity contribution in [2.45, 2.75) is 96.9 Å². The smallest absolute Gasteiger partial charge is 0.246 e. The fourth-order valence-corrected chi connectivity index (χ4v) is 6.89. The third-order valence-electron chi connectivity index (χ3n) is 9.86. The lowest BCUT2D eigenvalue weighted by molar-refractivity contribution is -0.153. The summed E-state index contributed by atoms with van der Waals surface area (Å²) >= 11 is 0. The molecule has 53 heavy (non-hydrogen) atoms. The lowest BCUT2D eigenvalue weighted by Crippen LogP contribution is -2.61. The number of carbonyl (C=O) groups excluding carboxylic acids is 7. The summed E-state index contributed by atoms with van der Waals surface area (Å²) in [6.07, 6.45) is 4.93. The molecule has 0 aliphatic carbocycles. The van der Waals surface area contributed by atoms with E-state index in [2.05, 4.69) is 26.3 Å². The van der Waals surface area contributed by atoms with Crippen LogP contribution in [0.4, 0.5) is 0 Å². The molecule has 7 amide bonds. The van der Waals surface area contributed by atoms with E-state index < -0.39 is 84.6 Å². The second-order valence-corrected chi connectivity index (χ2v) is 15.0. The number of amides is 7. The number of nitrogens with zero attached hydrogens (tertiary/aromatic N) is 4. The van der Waals surface area contributed by atoms with Crippen LogP contribution >= 0.6 is 0 Å². The molecule has 4 N–H and O–H groups in total. The van der Waals surface area contributed by atoms with E-state index in [-0.39, 0.29) is 24.7 Å². The Hall–Kier alpha value is -5.08. The van der Waals surface area contributed by atoms with Crippen molar-refractivity contribution >= 4 is 52.1 Å². The maximum absolute atomic E-state index is 14.0. The number of piperidine rings is 1. The number of nitrogens with one attached hydrogen (secondary N) is 4. The molecule has 4 rings (SSSR count). The van der Waals surface area contributed by atoms with Gasteiger partial charge < -0.3 is 36.0 Å². The highest BCUT2D eigenvalue weighted by Gasteiger charge is 2.41. The molecule has 15 nitrogen and oxygen atoms in total. The molecular formula is C38H54N8O7. The van der Waals surface area contributed by atoms with Gasteiger partial charge in [-0.25, -0.2) is 0 Å². The molecule has 2 bridgehead atoms. The number of pyridine rings is 1. The topological polar surface area (TPSA) is 190 Å². The van der Waals surface area contributed by atoms with Gasteiger partial charge in [-0.15, -0.1) is 0 Å². The highest BCUT2D eigenvalue weighted by atomic mass is 16.2. The van der Waals surface area contributed by atoms with Crippen LogP contribution in [0.1, 0.15) is 65.9 Å². The Morgan fingerprint density at radius 2 is 1.47 bits per heavy atom. The van der Waals surface area contributed by atoms with Crippen molar-refractivity contribution < 1.29 is 33.6 Å². The quantitative estimate of drug-likeness (QED) is 0.335. The van der Waals surface area contributed by atoms with Crippen molar-refractivity contribution in [2.75, 3.05) is 33.7 Å². The van der Waals surface area contributed by atoms with Crippen LogP contribution < -0.4 is 21.3 Å². The van der Waals surface area contributed by atoms with Crippen LogP contribution in [0.25, 0.3) is 10.8 Å². The van der Waals surface area contributed by atoms with Crippen LogP contribution in [0.5, 0.6) is 0 Å². The Balaban J connectivity index is 1.70. The molecule has 0 spiro atoms. The average Bonchev–Trinajstić information content (AvgIpc) is 3.12. The van der Waals surface area contributed by atoms with Gasteiger partial charge in [0.15, 0.2) is 0 Å². The van der Waals surface area contributed by atoms with Crippen LogP contribution in [0.3, 0.4) is 0 Å². The summed E-state index contributed by atoms with van der Waals surface area (Å²) in [6, 6.07) is 2.49. The zero-order valence-electron chi connectivity index (χ0n) is 31.8. The van der Waals surface area contributed by atoms with Gasteiger partial charge >= 0.3 is 0 Å². The summed E-state index contributed by atoms with van der Waals surface area (Å²) in [4.78, 5) is 104. The normalized spacial score (nSPS) is 24.9. The van der Waals surface area contributed by atoms with Crippen molar-refractivity contribution in [3.63, 3.8) is 0 Å². The molecule has 1 aromatic carbocycles. The van der Waals surface area contributed by atoms with E-state index in [1.807, 2.05) is 52.0 Å². The summed E-state index contributed by atoms with van der Waals surface area (Å²) in [5.74, 6) is -3.81. The van der Waals surface area contributed by atoms with Crippen molar-refractivity contribution in [1.82, 2.24) is 41.0 Å². The molecule has 2 aliphatic heterocycles. The van der Waals surface area contributed by atoms with E-state index in [1.165, 1.54) is 35.7 Å². The fourth-order valence-electron chi connectivity index (χ4n) is 6.89. The van der Waals surface area contributed by atoms with E-state index >= 15 is 0 Å². The lowest BCUT2D eigenvalue weighted by Gasteiger charge is -2.41. The van der Waals surface area contributed by atoms with Crippen molar-refractivity contribution in [3.8, 4) is 0 Å². The summed E-state index contributed by atoms with van der Waals surface area (Å²) in [5, 5.41) is 12.5. The highest BCUT2D eigenvalue weighted by Crippen LogP contribution is 2.23. The number of hydrogen-bond donors (Lipinski definition) is 4. The number of hydrogen-bond acceptors (Lipinski definition) is 8. The van der Waals surface area contributed by atoms with Gasteiger partial charge in [0.2, 0.25) is 41.4 Å². The van der Waals surface area contributed by atoms with Crippen molar-refractivity contribution in [2.24, 2.45) is 11.8 Å². The van der Waals surface area contributed by atoms with E-state index in [0.717, 1.165) is 16.3 Å². The lowest BCUT2D eigenvalue weighted by atomic mass is 9.96. The molecule has 288 valence electrons. The number of fused-ring (bicyclic) bond motifs is 3. The largest absolute Gasteiger partial charge is 0.345 e. The van der Waals surface area contributed by atoms with Gasteiger partial charge in [0, 0.05) is 44.8 Å². The van der Waals surface area contributed by atoms with E-state index in [4.69, 9.17) is 0 Å². The first-order valence-electron chi connectivity index (χ1n) is 18.4. The van der Waals surface area contributed by atoms with Crippen molar-refractivity contribution in [1.29, 1.82) is 0 Å². The maximum atomic E-state index is 14.0. The van der Waals surface area contributed by atoms with Crippen LogP contribution in [-0.2, 0) is 40.0 Å².